The smallest absolute Gasteiger partial charge is 0.264 e. The largest absolute Gasteiger partial charge is 0.345 e. The Bertz CT molecular complexity index is 800. The lowest BCUT2D eigenvalue weighted by atomic mass is 10.2. The summed E-state index contributed by atoms with van der Waals surface area (Å²) in [6.07, 6.45) is 0. The van der Waals surface area contributed by atoms with Crippen molar-refractivity contribution in [3.63, 3.8) is 0 Å². The number of carbonyl (C=O) groups excluding carboxylic acids is 1. The van der Waals surface area contributed by atoms with E-state index in [9.17, 15) is 13.2 Å². The van der Waals surface area contributed by atoms with Gasteiger partial charge in [-0.25, -0.2) is 8.42 Å². The van der Waals surface area contributed by atoms with Crippen LogP contribution in [0.3, 0.4) is 0 Å². The van der Waals surface area contributed by atoms with Crippen molar-refractivity contribution in [1.82, 2.24) is 4.90 Å². The average Bonchev–Trinajstić information content (AvgIpc) is 2.54. The second-order valence-corrected chi connectivity index (χ2v) is 7.58. The third kappa shape index (κ3) is 3.65. The lowest BCUT2D eigenvalue weighted by Crippen LogP contribution is -2.26. The Balaban J connectivity index is 2.31. The maximum absolute atomic E-state index is 12.6. The van der Waals surface area contributed by atoms with E-state index < -0.39 is 10.0 Å². The Morgan fingerprint density at radius 1 is 0.913 bits per heavy atom. The third-order valence-electron chi connectivity index (χ3n) is 3.36. The zero-order valence-corrected chi connectivity index (χ0v) is 14.6. The van der Waals surface area contributed by atoms with Crippen LogP contribution in [-0.2, 0) is 10.0 Å². The van der Waals surface area contributed by atoms with Crippen molar-refractivity contribution in [2.75, 3.05) is 25.4 Å². The molecule has 0 heterocycles. The molecular formula is C16H17ClN2O3S. The van der Waals surface area contributed by atoms with Crippen LogP contribution in [0.4, 0.5) is 5.69 Å². The second kappa shape index (κ2) is 6.60. The van der Waals surface area contributed by atoms with Gasteiger partial charge in [-0.05, 0) is 48.5 Å². The number of carbonyl (C=O) groups is 1. The van der Waals surface area contributed by atoms with Gasteiger partial charge in [0.2, 0.25) is 0 Å². The van der Waals surface area contributed by atoms with E-state index in [1.165, 1.54) is 40.5 Å². The van der Waals surface area contributed by atoms with Crippen LogP contribution >= 0.6 is 11.6 Å². The highest BCUT2D eigenvalue weighted by atomic mass is 35.5. The summed E-state index contributed by atoms with van der Waals surface area (Å²) < 4.78 is 26.3. The molecule has 2 rings (SSSR count). The number of hydrogen-bond donors (Lipinski definition) is 0. The summed E-state index contributed by atoms with van der Waals surface area (Å²) in [5, 5.41) is 0.471. The molecule has 5 nitrogen and oxygen atoms in total. The molecule has 2 aromatic carbocycles. The summed E-state index contributed by atoms with van der Waals surface area (Å²) in [5.41, 5.74) is 0.964. The summed E-state index contributed by atoms with van der Waals surface area (Å²) >= 11 is 5.79. The topological polar surface area (TPSA) is 57.7 Å². The number of rotatable bonds is 4. The first-order valence-corrected chi connectivity index (χ1v) is 8.61. The molecule has 0 saturated heterocycles. The number of sulfonamides is 1. The van der Waals surface area contributed by atoms with Crippen LogP contribution < -0.4 is 4.31 Å². The van der Waals surface area contributed by atoms with Crippen LogP contribution in [0.15, 0.2) is 53.4 Å². The van der Waals surface area contributed by atoms with Crippen molar-refractivity contribution >= 4 is 33.2 Å². The fraction of sp³-hybridized carbons (Fsp3) is 0.188. The molecule has 0 unspecified atom stereocenters. The molecule has 0 bridgehead atoms. The molecule has 0 aromatic heterocycles. The monoisotopic (exact) mass is 352 g/mol. The molecule has 0 N–H and O–H groups in total. The molecule has 1 amide bonds. The predicted molar refractivity (Wildman–Crippen MR) is 91.5 cm³/mol. The number of hydrogen-bond acceptors (Lipinski definition) is 3. The normalized spacial score (nSPS) is 11.1. The minimum Gasteiger partial charge on any atom is -0.345 e. The van der Waals surface area contributed by atoms with Crippen LogP contribution in [0, 0.1) is 0 Å². The maximum Gasteiger partial charge on any atom is 0.264 e. The SMILES string of the molecule is CN(C)C(=O)c1ccc(N(C)S(=O)(=O)c2ccc(Cl)cc2)cc1. The van der Waals surface area contributed by atoms with Crippen LogP contribution in [0.25, 0.3) is 0 Å². The Labute approximate surface area is 141 Å². The molecule has 23 heavy (non-hydrogen) atoms. The fourth-order valence-corrected chi connectivity index (χ4v) is 3.30. The Kier molecular flexibility index (Phi) is 4.97. The number of nitrogens with zero attached hydrogens (tertiary/aromatic N) is 2. The highest BCUT2D eigenvalue weighted by molar-refractivity contribution is 7.92. The van der Waals surface area contributed by atoms with E-state index in [-0.39, 0.29) is 10.8 Å². The van der Waals surface area contributed by atoms with E-state index in [1.54, 1.807) is 38.4 Å². The van der Waals surface area contributed by atoms with Crippen molar-refractivity contribution in [3.8, 4) is 0 Å². The molecule has 0 aliphatic heterocycles. The summed E-state index contributed by atoms with van der Waals surface area (Å²) in [6.45, 7) is 0. The van der Waals surface area contributed by atoms with Gasteiger partial charge in [0.15, 0.2) is 0 Å². The van der Waals surface area contributed by atoms with E-state index in [2.05, 4.69) is 0 Å². The molecular weight excluding hydrogens is 336 g/mol. The van der Waals surface area contributed by atoms with Gasteiger partial charge < -0.3 is 4.90 Å². The predicted octanol–water partition coefficient (Wildman–Crippen LogP) is 2.87. The van der Waals surface area contributed by atoms with E-state index in [0.717, 1.165) is 0 Å². The summed E-state index contributed by atoms with van der Waals surface area (Å²) in [7, 11) is 1.11. The van der Waals surface area contributed by atoms with Crippen molar-refractivity contribution in [3.05, 3.63) is 59.1 Å². The van der Waals surface area contributed by atoms with Crippen molar-refractivity contribution < 1.29 is 13.2 Å². The molecule has 0 fully saturated rings. The quantitative estimate of drug-likeness (QED) is 0.850. The molecule has 122 valence electrons. The summed E-state index contributed by atoms with van der Waals surface area (Å²) in [6, 6.07) is 12.4. The van der Waals surface area contributed by atoms with Crippen molar-refractivity contribution in [2.24, 2.45) is 0 Å². The first-order chi connectivity index (χ1) is 10.7. The van der Waals surface area contributed by atoms with Gasteiger partial charge in [-0.15, -0.1) is 0 Å². The van der Waals surface area contributed by atoms with Gasteiger partial charge in [0.25, 0.3) is 15.9 Å². The van der Waals surface area contributed by atoms with Crippen molar-refractivity contribution in [1.29, 1.82) is 0 Å². The molecule has 0 spiro atoms. The van der Waals surface area contributed by atoms with Crippen LogP contribution in [0.2, 0.25) is 5.02 Å². The lowest BCUT2D eigenvalue weighted by molar-refractivity contribution is 0.0827. The Hall–Kier alpha value is -2.05. The zero-order valence-electron chi connectivity index (χ0n) is 13.0. The lowest BCUT2D eigenvalue weighted by Gasteiger charge is -2.20. The molecule has 0 atom stereocenters. The number of halogens is 1. The fourth-order valence-electron chi connectivity index (χ4n) is 1.98. The number of anilines is 1. The van der Waals surface area contributed by atoms with E-state index in [1.807, 2.05) is 0 Å². The van der Waals surface area contributed by atoms with E-state index >= 15 is 0 Å². The standard InChI is InChI=1S/C16H17ClN2O3S/c1-18(2)16(20)12-4-8-14(9-5-12)19(3)23(21,22)15-10-6-13(17)7-11-15/h4-11H,1-3H3. The first kappa shape index (κ1) is 17.3. The maximum atomic E-state index is 12.6. The molecule has 2 aromatic rings. The average molecular weight is 353 g/mol. The molecule has 0 saturated carbocycles. The Morgan fingerprint density at radius 2 is 1.43 bits per heavy atom. The highest BCUT2D eigenvalue weighted by Crippen LogP contribution is 2.23. The molecule has 0 radical (unpaired) electrons. The molecule has 0 aliphatic carbocycles. The molecule has 7 heteroatoms. The van der Waals surface area contributed by atoms with Gasteiger partial charge in [0.1, 0.15) is 0 Å². The van der Waals surface area contributed by atoms with Crippen molar-refractivity contribution in [2.45, 2.75) is 4.90 Å². The molecule has 0 aliphatic rings. The summed E-state index contributed by atoms with van der Waals surface area (Å²) in [4.78, 5) is 13.5. The summed E-state index contributed by atoms with van der Waals surface area (Å²) in [5.74, 6) is -0.139. The van der Waals surface area contributed by atoms with Gasteiger partial charge in [-0.2, -0.15) is 0 Å². The zero-order chi connectivity index (χ0) is 17.2. The van der Waals surface area contributed by atoms with Crippen LogP contribution in [0.1, 0.15) is 10.4 Å². The first-order valence-electron chi connectivity index (χ1n) is 6.79. The number of amides is 1. The highest BCUT2D eigenvalue weighted by Gasteiger charge is 2.21. The minimum atomic E-state index is -3.68. The van der Waals surface area contributed by atoms with Gasteiger partial charge in [0.05, 0.1) is 10.6 Å². The van der Waals surface area contributed by atoms with Gasteiger partial charge >= 0.3 is 0 Å². The van der Waals surface area contributed by atoms with Gasteiger partial charge in [0, 0.05) is 31.7 Å². The third-order valence-corrected chi connectivity index (χ3v) is 5.41. The van der Waals surface area contributed by atoms with Gasteiger partial charge in [-0.3, -0.25) is 9.10 Å². The number of benzene rings is 2. The van der Waals surface area contributed by atoms with Crippen LogP contribution in [0.5, 0.6) is 0 Å². The van der Waals surface area contributed by atoms with E-state index in [0.29, 0.717) is 16.3 Å². The minimum absolute atomic E-state index is 0.139. The Morgan fingerprint density at radius 3 is 1.91 bits per heavy atom. The second-order valence-electron chi connectivity index (χ2n) is 5.17. The van der Waals surface area contributed by atoms with E-state index in [4.69, 9.17) is 11.6 Å². The van der Waals surface area contributed by atoms with Crippen LogP contribution in [-0.4, -0.2) is 40.4 Å². The van der Waals surface area contributed by atoms with Gasteiger partial charge in [-0.1, -0.05) is 11.6 Å².